The van der Waals surface area contributed by atoms with Crippen molar-refractivity contribution in [3.8, 4) is 22.9 Å². The van der Waals surface area contributed by atoms with Gasteiger partial charge in [0.15, 0.2) is 5.82 Å². The van der Waals surface area contributed by atoms with Crippen LogP contribution >= 0.6 is 0 Å². The third-order valence-corrected chi connectivity index (χ3v) is 5.63. The molecule has 0 radical (unpaired) electrons. The van der Waals surface area contributed by atoms with E-state index in [0.29, 0.717) is 42.6 Å². The Bertz CT molecular complexity index is 1040. The van der Waals surface area contributed by atoms with Gasteiger partial charge in [-0.1, -0.05) is 30.3 Å². The third-order valence-electron chi connectivity index (χ3n) is 5.63. The molecule has 2 atom stereocenters. The van der Waals surface area contributed by atoms with Gasteiger partial charge in [-0.25, -0.2) is 4.98 Å². The maximum Gasteiger partial charge on any atom is 0.257 e. The second kappa shape index (κ2) is 9.18. The molecule has 1 aromatic heterocycles. The number of nitrogens with one attached hydrogen (secondary N) is 1. The number of ether oxygens (including phenoxy) is 3. The Labute approximate surface area is 181 Å². The van der Waals surface area contributed by atoms with Crippen LogP contribution in [-0.4, -0.2) is 67.0 Å². The number of carbonyl (C=O) groups is 1. The third kappa shape index (κ3) is 4.25. The summed E-state index contributed by atoms with van der Waals surface area (Å²) in [6, 6.07) is 15.0. The van der Waals surface area contributed by atoms with Crippen LogP contribution in [0.25, 0.3) is 11.4 Å². The van der Waals surface area contributed by atoms with Crippen molar-refractivity contribution in [1.29, 1.82) is 0 Å². The first-order valence-electron chi connectivity index (χ1n) is 10.1. The Balaban J connectivity index is 1.57. The molecule has 1 fully saturated rings. The summed E-state index contributed by atoms with van der Waals surface area (Å²) in [7, 11) is 4.80. The molecule has 1 N–H and O–H groups in total. The Morgan fingerprint density at radius 1 is 1.10 bits per heavy atom. The Morgan fingerprint density at radius 3 is 2.61 bits per heavy atom. The number of H-pyrrole nitrogens is 1. The Morgan fingerprint density at radius 2 is 1.90 bits per heavy atom. The van der Waals surface area contributed by atoms with Crippen LogP contribution in [0.15, 0.2) is 48.5 Å². The van der Waals surface area contributed by atoms with Gasteiger partial charge in [0.2, 0.25) is 0 Å². The van der Waals surface area contributed by atoms with E-state index >= 15 is 0 Å². The molecule has 4 rings (SSSR count). The van der Waals surface area contributed by atoms with Crippen LogP contribution in [0, 0.1) is 5.92 Å². The van der Waals surface area contributed by atoms with E-state index in [1.165, 1.54) is 0 Å². The number of methoxy groups -OCH3 is 3. The van der Waals surface area contributed by atoms with Crippen molar-refractivity contribution in [2.24, 2.45) is 5.92 Å². The summed E-state index contributed by atoms with van der Waals surface area (Å²) < 4.78 is 16.1. The quantitative estimate of drug-likeness (QED) is 0.630. The zero-order chi connectivity index (χ0) is 21.8. The number of aromatic nitrogens is 3. The van der Waals surface area contributed by atoms with Crippen molar-refractivity contribution < 1.29 is 19.0 Å². The minimum absolute atomic E-state index is 0.00175. The first-order valence-corrected chi connectivity index (χ1v) is 10.1. The van der Waals surface area contributed by atoms with E-state index < -0.39 is 0 Å². The summed E-state index contributed by atoms with van der Waals surface area (Å²) in [6.45, 7) is 1.61. The van der Waals surface area contributed by atoms with Crippen LogP contribution in [0.1, 0.15) is 22.1 Å². The van der Waals surface area contributed by atoms with E-state index in [4.69, 9.17) is 19.2 Å². The molecule has 8 heteroatoms. The number of amides is 1. The van der Waals surface area contributed by atoms with Crippen LogP contribution in [-0.2, 0) is 4.74 Å². The summed E-state index contributed by atoms with van der Waals surface area (Å²) in [4.78, 5) is 19.8. The monoisotopic (exact) mass is 422 g/mol. The van der Waals surface area contributed by atoms with Gasteiger partial charge in [-0.2, -0.15) is 5.10 Å². The Hall–Kier alpha value is -3.39. The highest BCUT2D eigenvalue weighted by Gasteiger charge is 2.39. The summed E-state index contributed by atoms with van der Waals surface area (Å²) in [5.41, 5.74) is 1.45. The molecule has 2 heterocycles. The van der Waals surface area contributed by atoms with Crippen molar-refractivity contribution in [3.05, 3.63) is 59.9 Å². The molecule has 2 aromatic carbocycles. The number of nitrogens with zero attached hydrogens (tertiary/aromatic N) is 3. The minimum Gasteiger partial charge on any atom is -0.497 e. The number of carbonyl (C=O) groups excluding carboxylic acids is 1. The van der Waals surface area contributed by atoms with Gasteiger partial charge in [-0.3, -0.25) is 9.89 Å². The minimum atomic E-state index is -0.0918. The number of benzene rings is 2. The van der Waals surface area contributed by atoms with E-state index in [0.717, 1.165) is 11.4 Å². The molecule has 31 heavy (non-hydrogen) atoms. The van der Waals surface area contributed by atoms with Gasteiger partial charge in [-0.05, 0) is 12.1 Å². The highest BCUT2D eigenvalue weighted by Crippen LogP contribution is 2.34. The van der Waals surface area contributed by atoms with E-state index in [-0.39, 0.29) is 17.7 Å². The van der Waals surface area contributed by atoms with E-state index in [9.17, 15) is 4.79 Å². The molecule has 0 spiro atoms. The molecular weight excluding hydrogens is 396 g/mol. The fourth-order valence-electron chi connectivity index (χ4n) is 4.03. The van der Waals surface area contributed by atoms with Crippen LogP contribution in [0.3, 0.4) is 0 Å². The topological polar surface area (TPSA) is 89.6 Å². The van der Waals surface area contributed by atoms with Crippen molar-refractivity contribution in [2.45, 2.75) is 5.92 Å². The SMILES string of the molecule is COC[C@@H]1CN(C(=O)c2ccc(OC)cc2OC)C[C@H]1c1nc(-c2ccccc2)n[nH]1. The fourth-order valence-corrected chi connectivity index (χ4v) is 4.03. The average Bonchev–Trinajstić information content (AvgIpc) is 3.46. The van der Waals surface area contributed by atoms with Crippen molar-refractivity contribution >= 4 is 5.91 Å². The molecule has 1 aliphatic heterocycles. The first kappa shape index (κ1) is 20.9. The van der Waals surface area contributed by atoms with Gasteiger partial charge in [0.1, 0.15) is 17.3 Å². The number of hydrogen-bond acceptors (Lipinski definition) is 6. The smallest absolute Gasteiger partial charge is 0.257 e. The van der Waals surface area contributed by atoms with Gasteiger partial charge in [0.05, 0.1) is 26.4 Å². The van der Waals surface area contributed by atoms with Gasteiger partial charge in [0.25, 0.3) is 5.91 Å². The molecule has 162 valence electrons. The zero-order valence-electron chi connectivity index (χ0n) is 17.9. The molecule has 8 nitrogen and oxygen atoms in total. The lowest BCUT2D eigenvalue weighted by molar-refractivity contribution is 0.0772. The maximum absolute atomic E-state index is 13.3. The predicted molar refractivity (Wildman–Crippen MR) is 115 cm³/mol. The van der Waals surface area contributed by atoms with Gasteiger partial charge in [-0.15, -0.1) is 0 Å². The summed E-state index contributed by atoms with van der Waals surface area (Å²) >= 11 is 0. The average molecular weight is 422 g/mol. The molecule has 1 aliphatic rings. The second-order valence-corrected chi connectivity index (χ2v) is 7.51. The van der Waals surface area contributed by atoms with Gasteiger partial charge < -0.3 is 19.1 Å². The van der Waals surface area contributed by atoms with Crippen molar-refractivity contribution in [2.75, 3.05) is 41.0 Å². The lowest BCUT2D eigenvalue weighted by Crippen LogP contribution is -2.29. The lowest BCUT2D eigenvalue weighted by atomic mass is 9.96. The first-order chi connectivity index (χ1) is 15.1. The molecule has 0 unspecified atom stereocenters. The molecule has 0 aliphatic carbocycles. The fraction of sp³-hybridized carbons (Fsp3) is 0.348. The van der Waals surface area contributed by atoms with Gasteiger partial charge in [0, 0.05) is 43.7 Å². The molecule has 1 amide bonds. The molecule has 3 aromatic rings. The number of hydrogen-bond donors (Lipinski definition) is 1. The molecule has 0 saturated carbocycles. The lowest BCUT2D eigenvalue weighted by Gasteiger charge is -2.18. The van der Waals surface area contributed by atoms with E-state index in [2.05, 4.69) is 10.2 Å². The van der Waals surface area contributed by atoms with E-state index in [1.54, 1.807) is 39.5 Å². The highest BCUT2D eigenvalue weighted by molar-refractivity contribution is 5.97. The second-order valence-electron chi connectivity index (χ2n) is 7.51. The van der Waals surface area contributed by atoms with Crippen LogP contribution in [0.5, 0.6) is 11.5 Å². The summed E-state index contributed by atoms with van der Waals surface area (Å²) in [6.07, 6.45) is 0. The summed E-state index contributed by atoms with van der Waals surface area (Å²) in [5.74, 6) is 2.55. The standard InChI is InChI=1S/C23H26N4O4/c1-29-14-16-12-27(23(28)18-10-9-17(30-2)11-20(18)31-3)13-19(16)22-24-21(25-26-22)15-7-5-4-6-8-15/h4-11,16,19H,12-14H2,1-3H3,(H,24,25,26)/t16-,19+/m0/s1. The van der Waals surface area contributed by atoms with Gasteiger partial charge >= 0.3 is 0 Å². The Kier molecular flexibility index (Phi) is 6.18. The number of likely N-dealkylation sites (tertiary alicyclic amines) is 1. The van der Waals surface area contributed by atoms with Crippen LogP contribution in [0.2, 0.25) is 0 Å². The number of aromatic amines is 1. The van der Waals surface area contributed by atoms with Crippen LogP contribution < -0.4 is 9.47 Å². The largest absolute Gasteiger partial charge is 0.497 e. The van der Waals surface area contributed by atoms with E-state index in [1.807, 2.05) is 35.2 Å². The highest BCUT2D eigenvalue weighted by atomic mass is 16.5. The number of rotatable bonds is 7. The maximum atomic E-state index is 13.3. The predicted octanol–water partition coefficient (Wildman–Crippen LogP) is 2.99. The molecule has 0 bridgehead atoms. The molecular formula is C23H26N4O4. The zero-order valence-corrected chi connectivity index (χ0v) is 17.9. The van der Waals surface area contributed by atoms with Crippen molar-refractivity contribution in [1.82, 2.24) is 20.1 Å². The van der Waals surface area contributed by atoms with Crippen LogP contribution in [0.4, 0.5) is 0 Å². The van der Waals surface area contributed by atoms with Crippen molar-refractivity contribution in [3.63, 3.8) is 0 Å². The summed E-state index contributed by atoms with van der Waals surface area (Å²) in [5, 5.41) is 7.46. The normalized spacial score (nSPS) is 18.2. The molecule has 1 saturated heterocycles.